The van der Waals surface area contributed by atoms with Crippen LogP contribution in [0.25, 0.3) is 0 Å². The standard InChI is InChI=1S/C16H18N2O2/c1-11-7-14(16(19)17-3)8-12(2)15(11)20-10-13-5-4-6-18-9-13/h4-9H,10H2,1-3H3,(H,17,19). The summed E-state index contributed by atoms with van der Waals surface area (Å²) in [6.45, 7) is 4.35. The number of aryl methyl sites for hydroxylation is 2. The van der Waals surface area contributed by atoms with Gasteiger partial charge in [0.25, 0.3) is 5.91 Å². The molecule has 4 nitrogen and oxygen atoms in total. The van der Waals surface area contributed by atoms with E-state index in [2.05, 4.69) is 10.3 Å². The average molecular weight is 270 g/mol. The van der Waals surface area contributed by atoms with Crippen LogP contribution in [-0.4, -0.2) is 17.9 Å². The number of ether oxygens (including phenoxy) is 1. The van der Waals surface area contributed by atoms with Gasteiger partial charge in [0.05, 0.1) is 0 Å². The molecule has 1 aromatic carbocycles. The second-order valence-corrected chi connectivity index (χ2v) is 4.67. The van der Waals surface area contributed by atoms with Crippen LogP contribution in [0.2, 0.25) is 0 Å². The van der Waals surface area contributed by atoms with Gasteiger partial charge in [0.1, 0.15) is 12.4 Å². The topological polar surface area (TPSA) is 51.2 Å². The fraction of sp³-hybridized carbons (Fsp3) is 0.250. The fourth-order valence-electron chi connectivity index (χ4n) is 2.09. The minimum Gasteiger partial charge on any atom is -0.488 e. The van der Waals surface area contributed by atoms with Crippen LogP contribution in [0.5, 0.6) is 5.75 Å². The Bertz CT molecular complexity index is 586. The Labute approximate surface area is 118 Å². The molecular weight excluding hydrogens is 252 g/mol. The molecule has 0 unspecified atom stereocenters. The number of nitrogens with zero attached hydrogens (tertiary/aromatic N) is 1. The highest BCUT2D eigenvalue weighted by Gasteiger charge is 2.10. The van der Waals surface area contributed by atoms with Gasteiger partial charge in [-0.3, -0.25) is 9.78 Å². The van der Waals surface area contributed by atoms with Crippen molar-refractivity contribution in [3.05, 3.63) is 58.9 Å². The predicted molar refractivity (Wildman–Crippen MR) is 77.9 cm³/mol. The molecule has 1 amide bonds. The lowest BCUT2D eigenvalue weighted by atomic mass is 10.1. The lowest BCUT2D eigenvalue weighted by Crippen LogP contribution is -2.18. The Morgan fingerprint density at radius 3 is 2.55 bits per heavy atom. The maximum atomic E-state index is 11.6. The van der Waals surface area contributed by atoms with Gasteiger partial charge in [0.2, 0.25) is 0 Å². The van der Waals surface area contributed by atoms with E-state index in [1.165, 1.54) is 0 Å². The van der Waals surface area contributed by atoms with Gasteiger partial charge >= 0.3 is 0 Å². The number of benzene rings is 1. The summed E-state index contributed by atoms with van der Waals surface area (Å²) < 4.78 is 5.85. The number of amides is 1. The molecule has 2 aromatic rings. The maximum absolute atomic E-state index is 11.6. The summed E-state index contributed by atoms with van der Waals surface area (Å²) in [4.78, 5) is 15.7. The van der Waals surface area contributed by atoms with Crippen molar-refractivity contribution in [2.75, 3.05) is 7.05 Å². The predicted octanol–water partition coefficient (Wildman–Crippen LogP) is 2.64. The molecule has 0 spiro atoms. The third-order valence-electron chi connectivity index (χ3n) is 3.06. The Kier molecular flexibility index (Phi) is 4.35. The summed E-state index contributed by atoms with van der Waals surface area (Å²) in [6, 6.07) is 7.53. The number of hydrogen-bond acceptors (Lipinski definition) is 3. The number of pyridine rings is 1. The highest BCUT2D eigenvalue weighted by atomic mass is 16.5. The van der Waals surface area contributed by atoms with Crippen LogP contribution in [0, 0.1) is 13.8 Å². The zero-order valence-electron chi connectivity index (χ0n) is 11.9. The molecule has 0 saturated heterocycles. The van der Waals surface area contributed by atoms with Gasteiger partial charge in [-0.1, -0.05) is 6.07 Å². The van der Waals surface area contributed by atoms with Crippen molar-refractivity contribution in [1.29, 1.82) is 0 Å². The van der Waals surface area contributed by atoms with Crippen molar-refractivity contribution in [3.63, 3.8) is 0 Å². The molecule has 2 rings (SSSR count). The first-order valence-electron chi connectivity index (χ1n) is 6.47. The summed E-state index contributed by atoms with van der Waals surface area (Å²) in [5.41, 5.74) is 3.57. The van der Waals surface area contributed by atoms with Crippen LogP contribution < -0.4 is 10.1 Å². The lowest BCUT2D eigenvalue weighted by molar-refractivity contribution is 0.0963. The van der Waals surface area contributed by atoms with Gasteiger partial charge < -0.3 is 10.1 Å². The van der Waals surface area contributed by atoms with E-state index >= 15 is 0 Å². The zero-order valence-corrected chi connectivity index (χ0v) is 11.9. The van der Waals surface area contributed by atoms with Gasteiger partial charge in [0, 0.05) is 30.6 Å². The fourth-order valence-corrected chi connectivity index (χ4v) is 2.09. The van der Waals surface area contributed by atoms with E-state index in [0.29, 0.717) is 12.2 Å². The molecule has 0 atom stereocenters. The lowest BCUT2D eigenvalue weighted by Gasteiger charge is -2.13. The first-order valence-corrected chi connectivity index (χ1v) is 6.47. The highest BCUT2D eigenvalue weighted by Crippen LogP contribution is 2.25. The number of nitrogens with one attached hydrogen (secondary N) is 1. The minimum atomic E-state index is -0.0880. The smallest absolute Gasteiger partial charge is 0.251 e. The van der Waals surface area contributed by atoms with Crippen LogP contribution in [0.15, 0.2) is 36.7 Å². The molecule has 0 saturated carbocycles. The molecule has 0 aliphatic carbocycles. The molecule has 4 heteroatoms. The van der Waals surface area contributed by atoms with Crippen LogP contribution in [0.3, 0.4) is 0 Å². The highest BCUT2D eigenvalue weighted by molar-refractivity contribution is 5.94. The molecule has 104 valence electrons. The van der Waals surface area contributed by atoms with E-state index in [-0.39, 0.29) is 5.91 Å². The molecule has 20 heavy (non-hydrogen) atoms. The van der Waals surface area contributed by atoms with Gasteiger partial charge in [0.15, 0.2) is 0 Å². The largest absolute Gasteiger partial charge is 0.488 e. The second kappa shape index (κ2) is 6.19. The maximum Gasteiger partial charge on any atom is 0.251 e. The van der Waals surface area contributed by atoms with Crippen LogP contribution in [0.4, 0.5) is 0 Å². The van der Waals surface area contributed by atoms with E-state index < -0.39 is 0 Å². The Morgan fingerprint density at radius 1 is 1.30 bits per heavy atom. The summed E-state index contributed by atoms with van der Waals surface area (Å²) in [5.74, 6) is 0.733. The van der Waals surface area contributed by atoms with Crippen molar-refractivity contribution in [2.24, 2.45) is 0 Å². The average Bonchev–Trinajstić information content (AvgIpc) is 2.46. The first-order chi connectivity index (χ1) is 9.61. The van der Waals surface area contributed by atoms with Crippen LogP contribution in [0.1, 0.15) is 27.0 Å². The molecule has 0 aliphatic heterocycles. The van der Waals surface area contributed by atoms with Crippen molar-refractivity contribution in [2.45, 2.75) is 20.5 Å². The number of carbonyl (C=O) groups is 1. The number of hydrogen-bond donors (Lipinski definition) is 1. The van der Waals surface area contributed by atoms with Crippen molar-refractivity contribution in [3.8, 4) is 5.75 Å². The van der Waals surface area contributed by atoms with Crippen LogP contribution >= 0.6 is 0 Å². The molecule has 1 N–H and O–H groups in total. The number of carbonyl (C=O) groups excluding carboxylic acids is 1. The Morgan fingerprint density at radius 2 is 2.00 bits per heavy atom. The summed E-state index contributed by atoms with van der Waals surface area (Å²) in [6.07, 6.45) is 3.52. The summed E-state index contributed by atoms with van der Waals surface area (Å²) in [5, 5.41) is 2.62. The van der Waals surface area contributed by atoms with E-state index in [1.807, 2.05) is 38.1 Å². The molecule has 0 radical (unpaired) electrons. The van der Waals surface area contributed by atoms with Crippen molar-refractivity contribution >= 4 is 5.91 Å². The monoisotopic (exact) mass is 270 g/mol. The van der Waals surface area contributed by atoms with E-state index in [0.717, 1.165) is 22.4 Å². The molecule has 0 bridgehead atoms. The third-order valence-corrected chi connectivity index (χ3v) is 3.06. The van der Waals surface area contributed by atoms with Gasteiger partial charge in [-0.25, -0.2) is 0 Å². The van der Waals surface area contributed by atoms with E-state index in [9.17, 15) is 4.79 Å². The summed E-state index contributed by atoms with van der Waals surface area (Å²) >= 11 is 0. The second-order valence-electron chi connectivity index (χ2n) is 4.67. The quantitative estimate of drug-likeness (QED) is 0.929. The molecule has 0 fully saturated rings. The minimum absolute atomic E-state index is 0.0880. The normalized spacial score (nSPS) is 10.2. The Balaban J connectivity index is 2.18. The number of rotatable bonds is 4. The molecule has 1 heterocycles. The van der Waals surface area contributed by atoms with E-state index in [4.69, 9.17) is 4.74 Å². The van der Waals surface area contributed by atoms with Crippen LogP contribution in [-0.2, 0) is 6.61 Å². The van der Waals surface area contributed by atoms with Gasteiger partial charge in [-0.15, -0.1) is 0 Å². The third kappa shape index (κ3) is 3.15. The van der Waals surface area contributed by atoms with Crippen molar-refractivity contribution < 1.29 is 9.53 Å². The molecule has 1 aromatic heterocycles. The number of aromatic nitrogens is 1. The zero-order chi connectivity index (χ0) is 14.5. The van der Waals surface area contributed by atoms with Gasteiger partial charge in [-0.2, -0.15) is 0 Å². The first kappa shape index (κ1) is 14.1. The van der Waals surface area contributed by atoms with Crippen molar-refractivity contribution in [1.82, 2.24) is 10.3 Å². The molecular formula is C16H18N2O2. The molecule has 0 aliphatic rings. The van der Waals surface area contributed by atoms with Gasteiger partial charge in [-0.05, 0) is 43.2 Å². The Hall–Kier alpha value is -2.36. The summed E-state index contributed by atoms with van der Waals surface area (Å²) in [7, 11) is 1.62. The van der Waals surface area contributed by atoms with E-state index in [1.54, 1.807) is 19.4 Å². The SMILES string of the molecule is CNC(=O)c1cc(C)c(OCc2cccnc2)c(C)c1.